The van der Waals surface area contributed by atoms with Crippen LogP contribution in [0.1, 0.15) is 22.0 Å². The standard InChI is InChI=1S/C10H10ClNO5/c11-4-9(14)10(15)6-1-2-7(5-13)8(3-6)12(16)17/h1-3,5,9-10,14-15H,4H2. The van der Waals surface area contributed by atoms with E-state index >= 15 is 0 Å². The summed E-state index contributed by atoms with van der Waals surface area (Å²) in [6.07, 6.45) is -2.20. The van der Waals surface area contributed by atoms with Gasteiger partial charge < -0.3 is 10.2 Å². The zero-order chi connectivity index (χ0) is 13.0. The molecule has 0 aliphatic rings. The van der Waals surface area contributed by atoms with Gasteiger partial charge in [0.15, 0.2) is 6.29 Å². The Morgan fingerprint density at radius 1 is 1.47 bits per heavy atom. The van der Waals surface area contributed by atoms with Crippen LogP contribution in [0.4, 0.5) is 5.69 Å². The van der Waals surface area contributed by atoms with Gasteiger partial charge >= 0.3 is 0 Å². The molecule has 1 aromatic rings. The van der Waals surface area contributed by atoms with Crippen LogP contribution < -0.4 is 0 Å². The smallest absolute Gasteiger partial charge is 0.280 e. The quantitative estimate of drug-likeness (QED) is 0.356. The van der Waals surface area contributed by atoms with E-state index in [0.29, 0.717) is 6.29 Å². The number of hydrogen-bond donors (Lipinski definition) is 2. The van der Waals surface area contributed by atoms with Crippen molar-refractivity contribution >= 4 is 23.6 Å². The Balaban J connectivity index is 3.16. The Bertz CT molecular complexity index is 437. The van der Waals surface area contributed by atoms with E-state index in [0.717, 1.165) is 6.07 Å². The van der Waals surface area contributed by atoms with Crippen molar-refractivity contribution in [2.24, 2.45) is 0 Å². The van der Waals surface area contributed by atoms with E-state index in [9.17, 15) is 25.1 Å². The van der Waals surface area contributed by atoms with Crippen LogP contribution in [0, 0.1) is 10.1 Å². The van der Waals surface area contributed by atoms with Gasteiger partial charge in [-0.2, -0.15) is 0 Å². The maximum Gasteiger partial charge on any atom is 0.280 e. The third kappa shape index (κ3) is 3.00. The van der Waals surface area contributed by atoms with Crippen LogP contribution in [0.2, 0.25) is 0 Å². The summed E-state index contributed by atoms with van der Waals surface area (Å²) in [5, 5.41) is 29.6. The largest absolute Gasteiger partial charge is 0.389 e. The second kappa shape index (κ2) is 5.72. The van der Waals surface area contributed by atoms with E-state index in [4.69, 9.17) is 11.6 Å². The van der Waals surface area contributed by atoms with Gasteiger partial charge in [0.05, 0.1) is 22.5 Å². The van der Waals surface area contributed by atoms with E-state index in [1.807, 2.05) is 0 Å². The van der Waals surface area contributed by atoms with Crippen LogP contribution in [-0.2, 0) is 0 Å². The number of halogens is 1. The third-order valence-electron chi connectivity index (χ3n) is 2.24. The molecule has 0 saturated heterocycles. The highest BCUT2D eigenvalue weighted by Crippen LogP contribution is 2.25. The maximum atomic E-state index is 10.7. The Kier molecular flexibility index (Phi) is 4.56. The molecule has 0 heterocycles. The van der Waals surface area contributed by atoms with E-state index in [1.165, 1.54) is 12.1 Å². The Morgan fingerprint density at radius 2 is 2.12 bits per heavy atom. The molecule has 0 saturated carbocycles. The average molecular weight is 260 g/mol. The SMILES string of the molecule is O=Cc1ccc(C(O)C(O)CCl)cc1[N+](=O)[O-]. The molecule has 0 amide bonds. The van der Waals surface area contributed by atoms with Crippen LogP contribution in [-0.4, -0.2) is 33.4 Å². The molecular weight excluding hydrogens is 250 g/mol. The summed E-state index contributed by atoms with van der Waals surface area (Å²) in [6.45, 7) is 0. The number of nitro benzene ring substituents is 1. The molecular formula is C10H10ClNO5. The molecule has 2 unspecified atom stereocenters. The lowest BCUT2D eigenvalue weighted by Crippen LogP contribution is -2.19. The van der Waals surface area contributed by atoms with Crippen LogP contribution in [0.3, 0.4) is 0 Å². The minimum atomic E-state index is -1.33. The summed E-state index contributed by atoms with van der Waals surface area (Å²) < 4.78 is 0. The number of carbonyl (C=O) groups excluding carboxylic acids is 1. The number of hydrogen-bond acceptors (Lipinski definition) is 5. The highest BCUT2D eigenvalue weighted by molar-refractivity contribution is 6.18. The lowest BCUT2D eigenvalue weighted by Gasteiger charge is -2.15. The molecule has 0 spiro atoms. The highest BCUT2D eigenvalue weighted by Gasteiger charge is 2.21. The number of nitro groups is 1. The molecule has 6 nitrogen and oxygen atoms in total. The van der Waals surface area contributed by atoms with Crippen molar-refractivity contribution in [2.75, 3.05) is 5.88 Å². The number of aliphatic hydroxyl groups excluding tert-OH is 2. The summed E-state index contributed by atoms with van der Waals surface area (Å²) >= 11 is 5.36. The summed E-state index contributed by atoms with van der Waals surface area (Å²) in [5.74, 6) is -0.204. The summed E-state index contributed by atoms with van der Waals surface area (Å²) in [6, 6.07) is 3.59. The van der Waals surface area contributed by atoms with Crippen molar-refractivity contribution in [3.05, 3.63) is 39.4 Å². The number of aliphatic hydroxyl groups is 2. The number of aldehydes is 1. The van der Waals surface area contributed by atoms with Crippen molar-refractivity contribution in [1.29, 1.82) is 0 Å². The monoisotopic (exact) mass is 259 g/mol. The second-order valence-electron chi connectivity index (χ2n) is 3.36. The average Bonchev–Trinajstić information content (AvgIpc) is 2.35. The van der Waals surface area contributed by atoms with Crippen molar-refractivity contribution in [2.45, 2.75) is 12.2 Å². The maximum absolute atomic E-state index is 10.7. The van der Waals surface area contributed by atoms with Crippen molar-refractivity contribution < 1.29 is 19.9 Å². The zero-order valence-electron chi connectivity index (χ0n) is 8.62. The number of nitrogens with zero attached hydrogens (tertiary/aromatic N) is 1. The summed E-state index contributed by atoms with van der Waals surface area (Å²) in [7, 11) is 0. The van der Waals surface area contributed by atoms with Gasteiger partial charge in [0.25, 0.3) is 5.69 Å². The number of rotatable bonds is 5. The molecule has 17 heavy (non-hydrogen) atoms. The molecule has 92 valence electrons. The Morgan fingerprint density at radius 3 is 2.59 bits per heavy atom. The zero-order valence-corrected chi connectivity index (χ0v) is 9.37. The van der Waals surface area contributed by atoms with Gasteiger partial charge in [-0.05, 0) is 11.6 Å². The molecule has 2 N–H and O–H groups in total. The Hall–Kier alpha value is -1.50. The van der Waals surface area contributed by atoms with Crippen LogP contribution in [0.5, 0.6) is 0 Å². The van der Waals surface area contributed by atoms with Gasteiger partial charge in [-0.3, -0.25) is 14.9 Å². The Labute approximate surface area is 102 Å². The van der Waals surface area contributed by atoms with Crippen LogP contribution in [0.25, 0.3) is 0 Å². The van der Waals surface area contributed by atoms with E-state index in [2.05, 4.69) is 0 Å². The molecule has 1 aromatic carbocycles. The first-order chi connectivity index (χ1) is 8.01. The first-order valence-electron chi connectivity index (χ1n) is 4.67. The normalized spacial score (nSPS) is 14.1. The van der Waals surface area contributed by atoms with Crippen molar-refractivity contribution in [3.63, 3.8) is 0 Å². The molecule has 0 aromatic heterocycles. The van der Waals surface area contributed by atoms with Crippen molar-refractivity contribution in [1.82, 2.24) is 0 Å². The van der Waals surface area contributed by atoms with E-state index < -0.39 is 22.8 Å². The number of benzene rings is 1. The molecule has 1 rings (SSSR count). The predicted octanol–water partition coefficient (Wildman–Crippen LogP) is 1.04. The van der Waals surface area contributed by atoms with Gasteiger partial charge in [-0.25, -0.2) is 0 Å². The molecule has 0 radical (unpaired) electrons. The van der Waals surface area contributed by atoms with Gasteiger partial charge in [0, 0.05) is 6.07 Å². The molecule has 0 aliphatic carbocycles. The number of carbonyl (C=O) groups is 1. The lowest BCUT2D eigenvalue weighted by atomic mass is 10.0. The van der Waals surface area contributed by atoms with Gasteiger partial charge in [0.2, 0.25) is 0 Å². The predicted molar refractivity (Wildman–Crippen MR) is 60.2 cm³/mol. The van der Waals surface area contributed by atoms with E-state index in [1.54, 1.807) is 0 Å². The summed E-state index contributed by atoms with van der Waals surface area (Å²) in [5.41, 5.74) is -0.375. The van der Waals surface area contributed by atoms with Gasteiger partial charge in [-0.1, -0.05) is 6.07 Å². The van der Waals surface area contributed by atoms with Crippen LogP contribution in [0.15, 0.2) is 18.2 Å². The summed E-state index contributed by atoms with van der Waals surface area (Å²) in [4.78, 5) is 20.5. The van der Waals surface area contributed by atoms with Crippen molar-refractivity contribution in [3.8, 4) is 0 Å². The second-order valence-corrected chi connectivity index (χ2v) is 3.67. The van der Waals surface area contributed by atoms with E-state index in [-0.39, 0.29) is 17.0 Å². The fraction of sp³-hybridized carbons (Fsp3) is 0.300. The third-order valence-corrected chi connectivity index (χ3v) is 2.56. The van der Waals surface area contributed by atoms with Crippen LogP contribution >= 0.6 is 11.6 Å². The minimum absolute atomic E-state index is 0.0914. The molecule has 7 heteroatoms. The topological polar surface area (TPSA) is 101 Å². The number of alkyl halides is 1. The lowest BCUT2D eigenvalue weighted by molar-refractivity contribution is -0.385. The first kappa shape index (κ1) is 13.6. The van der Waals surface area contributed by atoms with Gasteiger partial charge in [0.1, 0.15) is 6.10 Å². The first-order valence-corrected chi connectivity index (χ1v) is 5.20. The fourth-order valence-corrected chi connectivity index (χ4v) is 1.48. The molecule has 0 aliphatic heterocycles. The highest BCUT2D eigenvalue weighted by atomic mass is 35.5. The van der Waals surface area contributed by atoms with Gasteiger partial charge in [-0.15, -0.1) is 11.6 Å². The minimum Gasteiger partial charge on any atom is -0.389 e. The fourth-order valence-electron chi connectivity index (χ4n) is 1.31. The molecule has 0 fully saturated rings. The molecule has 2 atom stereocenters. The molecule has 0 bridgehead atoms.